The Morgan fingerprint density at radius 1 is 1.39 bits per heavy atom. The summed E-state index contributed by atoms with van der Waals surface area (Å²) in [5.41, 5.74) is 1.81. The molecule has 94 valence electrons. The molecule has 1 aromatic carbocycles. The fourth-order valence-corrected chi connectivity index (χ4v) is 2.54. The first-order chi connectivity index (χ1) is 8.74. The predicted molar refractivity (Wildman–Crippen MR) is 72.6 cm³/mol. The maximum Gasteiger partial charge on any atom is 0.251 e. The molecule has 2 aromatic rings. The molecule has 1 aliphatic rings. The van der Waals surface area contributed by atoms with Crippen molar-refractivity contribution in [2.24, 2.45) is 5.92 Å². The van der Waals surface area contributed by atoms with E-state index in [4.69, 9.17) is 0 Å². The summed E-state index contributed by atoms with van der Waals surface area (Å²) >= 11 is 0. The van der Waals surface area contributed by atoms with Gasteiger partial charge in [-0.05, 0) is 49.9 Å². The second kappa shape index (κ2) is 4.48. The Morgan fingerprint density at radius 2 is 2.22 bits per heavy atom. The van der Waals surface area contributed by atoms with Crippen molar-refractivity contribution in [2.45, 2.75) is 32.2 Å². The van der Waals surface area contributed by atoms with Gasteiger partial charge in [-0.3, -0.25) is 4.79 Å². The quantitative estimate of drug-likeness (QED) is 0.853. The number of hydrogen-bond donors (Lipinski definition) is 2. The Kier molecular flexibility index (Phi) is 2.82. The maximum atomic E-state index is 12.1. The highest BCUT2D eigenvalue weighted by molar-refractivity contribution is 5.98. The molecule has 1 aliphatic carbocycles. The van der Waals surface area contributed by atoms with Crippen LogP contribution >= 0.6 is 0 Å². The molecule has 0 saturated heterocycles. The first kappa shape index (κ1) is 11.3. The van der Waals surface area contributed by atoms with Gasteiger partial charge in [-0.1, -0.05) is 6.42 Å². The van der Waals surface area contributed by atoms with Crippen LogP contribution < -0.4 is 5.32 Å². The van der Waals surface area contributed by atoms with Gasteiger partial charge >= 0.3 is 0 Å². The van der Waals surface area contributed by atoms with Gasteiger partial charge in [0.25, 0.3) is 5.91 Å². The molecule has 0 spiro atoms. The average molecular weight is 242 g/mol. The van der Waals surface area contributed by atoms with Gasteiger partial charge in [-0.2, -0.15) is 0 Å². The molecule has 1 unspecified atom stereocenters. The van der Waals surface area contributed by atoms with E-state index in [1.807, 2.05) is 30.5 Å². The lowest BCUT2D eigenvalue weighted by atomic mass is 9.80. The van der Waals surface area contributed by atoms with E-state index in [9.17, 15) is 4.79 Å². The number of carbonyl (C=O) groups is 1. The average Bonchev–Trinajstić information content (AvgIpc) is 2.72. The Bertz CT molecular complexity index is 569. The SMILES string of the molecule is CC(NC(=O)c1ccc2[nH]ccc2c1)C1CCC1. The highest BCUT2D eigenvalue weighted by Gasteiger charge is 2.25. The van der Waals surface area contributed by atoms with E-state index >= 15 is 0 Å². The minimum absolute atomic E-state index is 0.0394. The first-order valence-electron chi connectivity index (χ1n) is 6.62. The number of carbonyl (C=O) groups excluding carboxylic acids is 1. The summed E-state index contributed by atoms with van der Waals surface area (Å²) in [5, 5.41) is 4.19. The predicted octanol–water partition coefficient (Wildman–Crippen LogP) is 3.09. The third kappa shape index (κ3) is 2.01. The van der Waals surface area contributed by atoms with Crippen LogP contribution in [0.3, 0.4) is 0 Å². The molecular formula is C15H18N2O. The molecule has 1 atom stereocenters. The van der Waals surface area contributed by atoms with Crippen LogP contribution in [0.2, 0.25) is 0 Å². The van der Waals surface area contributed by atoms with Gasteiger partial charge < -0.3 is 10.3 Å². The summed E-state index contributed by atoms with van der Waals surface area (Å²) in [4.78, 5) is 15.3. The fraction of sp³-hybridized carbons (Fsp3) is 0.400. The molecule has 3 rings (SSSR count). The Labute approximate surface area is 107 Å². The number of aromatic amines is 1. The largest absolute Gasteiger partial charge is 0.361 e. The molecule has 1 heterocycles. The summed E-state index contributed by atoms with van der Waals surface area (Å²) < 4.78 is 0. The first-order valence-corrected chi connectivity index (χ1v) is 6.62. The number of nitrogens with one attached hydrogen (secondary N) is 2. The van der Waals surface area contributed by atoms with Crippen molar-refractivity contribution in [1.82, 2.24) is 10.3 Å². The van der Waals surface area contributed by atoms with Gasteiger partial charge in [0.05, 0.1) is 0 Å². The third-order valence-corrected chi connectivity index (χ3v) is 4.03. The summed E-state index contributed by atoms with van der Waals surface area (Å²) in [6, 6.07) is 8.05. The van der Waals surface area contributed by atoms with Crippen molar-refractivity contribution in [3.63, 3.8) is 0 Å². The number of rotatable bonds is 3. The van der Waals surface area contributed by atoms with Crippen molar-refractivity contribution >= 4 is 16.8 Å². The van der Waals surface area contributed by atoms with Crippen LogP contribution in [0.4, 0.5) is 0 Å². The van der Waals surface area contributed by atoms with E-state index in [0.717, 1.165) is 16.5 Å². The summed E-state index contributed by atoms with van der Waals surface area (Å²) in [7, 11) is 0. The van der Waals surface area contributed by atoms with E-state index in [1.165, 1.54) is 19.3 Å². The maximum absolute atomic E-state index is 12.1. The van der Waals surface area contributed by atoms with Crippen LogP contribution in [-0.2, 0) is 0 Å². The molecule has 1 amide bonds. The Balaban J connectivity index is 1.74. The molecule has 1 aromatic heterocycles. The van der Waals surface area contributed by atoms with Crippen LogP contribution in [0.1, 0.15) is 36.5 Å². The zero-order valence-electron chi connectivity index (χ0n) is 10.6. The molecule has 2 N–H and O–H groups in total. The molecule has 0 radical (unpaired) electrons. The minimum Gasteiger partial charge on any atom is -0.361 e. The normalized spacial score (nSPS) is 17.4. The minimum atomic E-state index is 0.0394. The standard InChI is InChI=1S/C15H18N2O/c1-10(11-3-2-4-11)17-15(18)13-5-6-14-12(9-13)7-8-16-14/h5-11,16H,2-4H2,1H3,(H,17,18). The van der Waals surface area contributed by atoms with Gasteiger partial charge in [0.2, 0.25) is 0 Å². The number of hydrogen-bond acceptors (Lipinski definition) is 1. The number of fused-ring (bicyclic) bond motifs is 1. The van der Waals surface area contributed by atoms with E-state index in [0.29, 0.717) is 5.92 Å². The Hall–Kier alpha value is -1.77. The van der Waals surface area contributed by atoms with Gasteiger partial charge in [-0.25, -0.2) is 0 Å². The second-order valence-electron chi connectivity index (χ2n) is 5.23. The smallest absolute Gasteiger partial charge is 0.251 e. The van der Waals surface area contributed by atoms with E-state index in [-0.39, 0.29) is 11.9 Å². The van der Waals surface area contributed by atoms with E-state index < -0.39 is 0 Å². The summed E-state index contributed by atoms with van der Waals surface area (Å²) in [5.74, 6) is 0.711. The van der Waals surface area contributed by atoms with Crippen molar-refractivity contribution in [2.75, 3.05) is 0 Å². The molecular weight excluding hydrogens is 224 g/mol. The lowest BCUT2D eigenvalue weighted by Crippen LogP contribution is -2.40. The summed E-state index contributed by atoms with van der Waals surface area (Å²) in [6.45, 7) is 2.11. The molecule has 18 heavy (non-hydrogen) atoms. The molecule has 0 aliphatic heterocycles. The zero-order chi connectivity index (χ0) is 12.5. The number of benzene rings is 1. The molecule has 1 fully saturated rings. The Morgan fingerprint density at radius 3 is 2.94 bits per heavy atom. The zero-order valence-corrected chi connectivity index (χ0v) is 10.6. The van der Waals surface area contributed by atoms with Crippen LogP contribution in [0.25, 0.3) is 10.9 Å². The second-order valence-corrected chi connectivity index (χ2v) is 5.23. The van der Waals surface area contributed by atoms with Gasteiger partial charge in [0.15, 0.2) is 0 Å². The molecule has 0 bridgehead atoms. The van der Waals surface area contributed by atoms with Crippen LogP contribution in [0, 0.1) is 5.92 Å². The fourth-order valence-electron chi connectivity index (χ4n) is 2.54. The van der Waals surface area contributed by atoms with Crippen LogP contribution in [0.15, 0.2) is 30.5 Å². The highest BCUT2D eigenvalue weighted by Crippen LogP contribution is 2.29. The topological polar surface area (TPSA) is 44.9 Å². The van der Waals surface area contributed by atoms with E-state index in [2.05, 4.69) is 17.2 Å². The third-order valence-electron chi connectivity index (χ3n) is 4.03. The van der Waals surface area contributed by atoms with Gasteiger partial charge in [0.1, 0.15) is 0 Å². The van der Waals surface area contributed by atoms with Gasteiger partial charge in [-0.15, -0.1) is 0 Å². The molecule has 3 nitrogen and oxygen atoms in total. The molecule has 3 heteroatoms. The molecule has 1 saturated carbocycles. The number of H-pyrrole nitrogens is 1. The van der Waals surface area contributed by atoms with Crippen LogP contribution in [-0.4, -0.2) is 16.9 Å². The van der Waals surface area contributed by atoms with Crippen molar-refractivity contribution < 1.29 is 4.79 Å². The van der Waals surface area contributed by atoms with Crippen LogP contribution in [0.5, 0.6) is 0 Å². The number of aromatic nitrogens is 1. The highest BCUT2D eigenvalue weighted by atomic mass is 16.1. The summed E-state index contributed by atoms with van der Waals surface area (Å²) in [6.07, 6.45) is 5.69. The van der Waals surface area contributed by atoms with Crippen molar-refractivity contribution in [3.05, 3.63) is 36.0 Å². The number of amides is 1. The van der Waals surface area contributed by atoms with Gasteiger partial charge in [0, 0.05) is 28.7 Å². The van der Waals surface area contributed by atoms with E-state index in [1.54, 1.807) is 0 Å². The van der Waals surface area contributed by atoms with Crippen molar-refractivity contribution in [3.8, 4) is 0 Å². The van der Waals surface area contributed by atoms with Crippen molar-refractivity contribution in [1.29, 1.82) is 0 Å². The lowest BCUT2D eigenvalue weighted by molar-refractivity contribution is 0.0909. The monoisotopic (exact) mass is 242 g/mol. The lowest BCUT2D eigenvalue weighted by Gasteiger charge is -2.31.